The number of halogens is 3. The van der Waals surface area contributed by atoms with Crippen LogP contribution in [0.15, 0.2) is 24.3 Å². The number of rotatable bonds is 5. The first-order valence-electron chi connectivity index (χ1n) is 7.54. The standard InChI is InChI=1S/C16H20F3NO3/c1-11(14(21)20-10-15(22)8-4-5-9-15)23-13-7-3-2-6-12(13)16(17,18)19/h2-3,6-7,11,22H,4-5,8-10H2,1H3,(H,20,21). The number of para-hydroxylation sites is 1. The van der Waals surface area contributed by atoms with Gasteiger partial charge in [0, 0.05) is 6.54 Å². The van der Waals surface area contributed by atoms with E-state index in [1.165, 1.54) is 25.1 Å². The molecule has 2 rings (SSSR count). The highest BCUT2D eigenvalue weighted by atomic mass is 19.4. The van der Waals surface area contributed by atoms with Crippen LogP contribution in [0, 0.1) is 0 Å². The summed E-state index contributed by atoms with van der Waals surface area (Å²) in [4.78, 5) is 12.0. The molecule has 1 aromatic carbocycles. The molecule has 1 aromatic rings. The third-order valence-corrected chi connectivity index (χ3v) is 3.99. The van der Waals surface area contributed by atoms with E-state index in [1.54, 1.807) is 0 Å². The molecule has 1 amide bonds. The maximum Gasteiger partial charge on any atom is 0.419 e. The fraction of sp³-hybridized carbons (Fsp3) is 0.562. The van der Waals surface area contributed by atoms with Gasteiger partial charge in [-0.1, -0.05) is 25.0 Å². The number of nitrogens with one attached hydrogen (secondary N) is 1. The quantitative estimate of drug-likeness (QED) is 0.872. The van der Waals surface area contributed by atoms with Crippen molar-refractivity contribution in [3.05, 3.63) is 29.8 Å². The fourth-order valence-electron chi connectivity index (χ4n) is 2.65. The van der Waals surface area contributed by atoms with Crippen LogP contribution in [0.4, 0.5) is 13.2 Å². The number of hydrogen-bond acceptors (Lipinski definition) is 3. The normalized spacial score (nSPS) is 18.5. The second kappa shape index (κ2) is 6.78. The molecule has 4 nitrogen and oxygen atoms in total. The van der Waals surface area contributed by atoms with E-state index in [4.69, 9.17) is 4.74 Å². The number of hydrogen-bond donors (Lipinski definition) is 2. The van der Waals surface area contributed by atoms with Crippen molar-refractivity contribution in [3.63, 3.8) is 0 Å². The Kier molecular flexibility index (Phi) is 5.19. The largest absolute Gasteiger partial charge is 0.480 e. The summed E-state index contributed by atoms with van der Waals surface area (Å²) in [5.41, 5.74) is -1.84. The lowest BCUT2D eigenvalue weighted by molar-refractivity contribution is -0.140. The van der Waals surface area contributed by atoms with Crippen LogP contribution < -0.4 is 10.1 Å². The molecular formula is C16H20F3NO3. The zero-order valence-electron chi connectivity index (χ0n) is 12.8. The summed E-state index contributed by atoms with van der Waals surface area (Å²) in [7, 11) is 0. The lowest BCUT2D eigenvalue weighted by Gasteiger charge is -2.24. The number of aliphatic hydroxyl groups is 1. The number of ether oxygens (including phenoxy) is 1. The minimum atomic E-state index is -4.55. The third kappa shape index (κ3) is 4.60. The summed E-state index contributed by atoms with van der Waals surface area (Å²) in [6.07, 6.45) is -2.62. The van der Waals surface area contributed by atoms with Crippen LogP contribution in [0.25, 0.3) is 0 Å². The van der Waals surface area contributed by atoms with Crippen LogP contribution in [0.3, 0.4) is 0 Å². The van der Waals surface area contributed by atoms with Crippen molar-refractivity contribution in [2.24, 2.45) is 0 Å². The molecule has 0 spiro atoms. The average Bonchev–Trinajstić information content (AvgIpc) is 2.91. The van der Waals surface area contributed by atoms with Gasteiger partial charge in [-0.3, -0.25) is 4.79 Å². The Balaban J connectivity index is 1.96. The summed E-state index contributed by atoms with van der Waals surface area (Å²) in [6, 6.07) is 4.75. The predicted molar refractivity (Wildman–Crippen MR) is 78.0 cm³/mol. The van der Waals surface area contributed by atoms with Crippen LogP contribution in [0.5, 0.6) is 5.75 Å². The summed E-state index contributed by atoms with van der Waals surface area (Å²) in [6.45, 7) is 1.46. The summed E-state index contributed by atoms with van der Waals surface area (Å²) < 4.78 is 43.8. The van der Waals surface area contributed by atoms with Gasteiger partial charge in [-0.05, 0) is 31.9 Å². The van der Waals surface area contributed by atoms with E-state index in [0.717, 1.165) is 18.9 Å². The first-order valence-corrected chi connectivity index (χ1v) is 7.54. The van der Waals surface area contributed by atoms with E-state index in [0.29, 0.717) is 12.8 Å². The number of benzene rings is 1. The van der Waals surface area contributed by atoms with Crippen LogP contribution >= 0.6 is 0 Å². The molecule has 2 N–H and O–H groups in total. The number of carbonyl (C=O) groups excluding carboxylic acids is 1. The second-order valence-electron chi connectivity index (χ2n) is 5.90. The van der Waals surface area contributed by atoms with Crippen LogP contribution in [-0.4, -0.2) is 29.3 Å². The minimum absolute atomic E-state index is 0.0838. The molecule has 1 atom stereocenters. The van der Waals surface area contributed by atoms with E-state index in [1.807, 2.05) is 0 Å². The molecule has 1 fully saturated rings. The van der Waals surface area contributed by atoms with Gasteiger partial charge in [0.25, 0.3) is 5.91 Å². The highest BCUT2D eigenvalue weighted by Crippen LogP contribution is 2.36. The van der Waals surface area contributed by atoms with Crippen molar-refractivity contribution < 1.29 is 27.8 Å². The highest BCUT2D eigenvalue weighted by Gasteiger charge is 2.35. The molecule has 1 aliphatic carbocycles. The van der Waals surface area contributed by atoms with Gasteiger partial charge in [-0.15, -0.1) is 0 Å². The van der Waals surface area contributed by atoms with Crippen molar-refractivity contribution in [1.29, 1.82) is 0 Å². The maximum atomic E-state index is 12.9. The van der Waals surface area contributed by atoms with Gasteiger partial charge < -0.3 is 15.2 Å². The van der Waals surface area contributed by atoms with Crippen molar-refractivity contribution in [1.82, 2.24) is 5.32 Å². The predicted octanol–water partition coefficient (Wildman–Crippen LogP) is 2.89. The topological polar surface area (TPSA) is 58.6 Å². The molecule has 23 heavy (non-hydrogen) atoms. The monoisotopic (exact) mass is 331 g/mol. The van der Waals surface area contributed by atoms with Crippen molar-refractivity contribution in [2.75, 3.05) is 6.54 Å². The molecule has 0 heterocycles. The SMILES string of the molecule is CC(Oc1ccccc1C(F)(F)F)C(=O)NCC1(O)CCCC1. The van der Waals surface area contributed by atoms with Crippen LogP contribution in [0.1, 0.15) is 38.2 Å². The Hall–Kier alpha value is -1.76. The van der Waals surface area contributed by atoms with E-state index in [9.17, 15) is 23.1 Å². The average molecular weight is 331 g/mol. The first-order chi connectivity index (χ1) is 10.7. The molecule has 1 unspecified atom stereocenters. The van der Waals surface area contributed by atoms with Gasteiger partial charge in [0.15, 0.2) is 6.10 Å². The van der Waals surface area contributed by atoms with Gasteiger partial charge in [0.05, 0.1) is 11.2 Å². The number of alkyl halides is 3. The molecule has 7 heteroatoms. The van der Waals surface area contributed by atoms with Gasteiger partial charge >= 0.3 is 6.18 Å². The molecule has 0 aromatic heterocycles. The van der Waals surface area contributed by atoms with Crippen LogP contribution in [-0.2, 0) is 11.0 Å². The van der Waals surface area contributed by atoms with E-state index in [-0.39, 0.29) is 12.3 Å². The Morgan fingerprint density at radius 3 is 2.57 bits per heavy atom. The van der Waals surface area contributed by atoms with Crippen molar-refractivity contribution in [2.45, 2.75) is 50.5 Å². The molecular weight excluding hydrogens is 311 g/mol. The maximum absolute atomic E-state index is 12.9. The van der Waals surface area contributed by atoms with E-state index >= 15 is 0 Å². The minimum Gasteiger partial charge on any atom is -0.480 e. The molecule has 128 valence electrons. The molecule has 0 bridgehead atoms. The fourth-order valence-corrected chi connectivity index (χ4v) is 2.65. The lowest BCUT2D eigenvalue weighted by atomic mass is 10.0. The zero-order valence-corrected chi connectivity index (χ0v) is 12.8. The first kappa shape index (κ1) is 17.6. The molecule has 1 aliphatic rings. The van der Waals surface area contributed by atoms with Gasteiger partial charge in [-0.25, -0.2) is 0 Å². The Bertz CT molecular complexity index is 554. The van der Waals surface area contributed by atoms with E-state index in [2.05, 4.69) is 5.32 Å². The smallest absolute Gasteiger partial charge is 0.419 e. The van der Waals surface area contributed by atoms with Gasteiger partial charge in [-0.2, -0.15) is 13.2 Å². The lowest BCUT2D eigenvalue weighted by Crippen LogP contribution is -2.45. The molecule has 0 saturated heterocycles. The van der Waals surface area contributed by atoms with Crippen LogP contribution in [0.2, 0.25) is 0 Å². The van der Waals surface area contributed by atoms with E-state index < -0.39 is 29.4 Å². The third-order valence-electron chi connectivity index (χ3n) is 3.99. The molecule has 0 radical (unpaired) electrons. The van der Waals surface area contributed by atoms with Crippen molar-refractivity contribution >= 4 is 5.91 Å². The van der Waals surface area contributed by atoms with Gasteiger partial charge in [0.2, 0.25) is 0 Å². The van der Waals surface area contributed by atoms with Crippen molar-refractivity contribution in [3.8, 4) is 5.75 Å². The zero-order chi connectivity index (χ0) is 17.1. The Morgan fingerprint density at radius 2 is 1.96 bits per heavy atom. The second-order valence-corrected chi connectivity index (χ2v) is 5.90. The molecule has 0 aliphatic heterocycles. The summed E-state index contributed by atoms with van der Waals surface area (Å²) in [5, 5.41) is 12.7. The summed E-state index contributed by atoms with van der Waals surface area (Å²) in [5.74, 6) is -0.940. The highest BCUT2D eigenvalue weighted by molar-refractivity contribution is 5.80. The Morgan fingerprint density at radius 1 is 1.35 bits per heavy atom. The summed E-state index contributed by atoms with van der Waals surface area (Å²) >= 11 is 0. The number of carbonyl (C=O) groups is 1. The Labute approximate surface area is 132 Å². The van der Waals surface area contributed by atoms with Gasteiger partial charge in [0.1, 0.15) is 5.75 Å². The molecule has 1 saturated carbocycles. The number of amides is 1.